The third kappa shape index (κ3) is 7.31. The first-order valence-corrected chi connectivity index (χ1v) is 11.5. The Hall–Kier alpha value is -2.44. The van der Waals surface area contributed by atoms with Crippen LogP contribution in [0.5, 0.6) is 5.75 Å². The number of hydrogen-bond donors (Lipinski definition) is 0. The molecule has 1 heterocycles. The SMILES string of the molecule is COc1ccccc1CN1CCC[C@@H](CN(CCN(C)C)C(=O)Cc2cccc(F)c2)C1. The number of rotatable bonds is 10. The molecule has 0 aromatic heterocycles. The minimum atomic E-state index is -0.297. The zero-order valence-corrected chi connectivity index (χ0v) is 19.6. The second kappa shape index (κ2) is 12.0. The Balaban J connectivity index is 1.63. The molecule has 1 fully saturated rings. The Morgan fingerprint density at radius 1 is 1.16 bits per heavy atom. The topological polar surface area (TPSA) is 36.0 Å². The lowest BCUT2D eigenvalue weighted by atomic mass is 9.96. The minimum Gasteiger partial charge on any atom is -0.496 e. The van der Waals surface area contributed by atoms with Gasteiger partial charge in [-0.3, -0.25) is 9.69 Å². The van der Waals surface area contributed by atoms with Crippen molar-refractivity contribution >= 4 is 5.91 Å². The van der Waals surface area contributed by atoms with Gasteiger partial charge in [0.25, 0.3) is 0 Å². The molecule has 0 radical (unpaired) electrons. The fourth-order valence-electron chi connectivity index (χ4n) is 4.40. The highest BCUT2D eigenvalue weighted by Gasteiger charge is 2.25. The maximum atomic E-state index is 13.6. The minimum absolute atomic E-state index is 0.0688. The first-order chi connectivity index (χ1) is 15.4. The zero-order valence-electron chi connectivity index (χ0n) is 19.6. The summed E-state index contributed by atoms with van der Waals surface area (Å²) in [6.45, 7) is 5.11. The number of piperidine rings is 1. The van der Waals surface area contributed by atoms with Gasteiger partial charge in [-0.25, -0.2) is 4.39 Å². The Morgan fingerprint density at radius 2 is 1.97 bits per heavy atom. The fraction of sp³-hybridized carbons (Fsp3) is 0.500. The molecule has 2 aromatic carbocycles. The lowest BCUT2D eigenvalue weighted by molar-refractivity contribution is -0.131. The highest BCUT2D eigenvalue weighted by atomic mass is 19.1. The van der Waals surface area contributed by atoms with Gasteiger partial charge in [0.15, 0.2) is 0 Å². The van der Waals surface area contributed by atoms with Crippen LogP contribution in [0, 0.1) is 11.7 Å². The summed E-state index contributed by atoms with van der Waals surface area (Å²) in [6.07, 6.45) is 2.48. The molecule has 174 valence electrons. The van der Waals surface area contributed by atoms with Crippen LogP contribution in [0.25, 0.3) is 0 Å². The number of likely N-dealkylation sites (tertiary alicyclic amines) is 1. The molecule has 0 unspecified atom stereocenters. The Bertz CT molecular complexity index is 874. The van der Waals surface area contributed by atoms with Crippen LogP contribution in [0.15, 0.2) is 48.5 Å². The second-order valence-corrected chi connectivity index (χ2v) is 9.00. The number of para-hydroxylation sites is 1. The van der Waals surface area contributed by atoms with Crippen molar-refractivity contribution in [3.8, 4) is 5.75 Å². The maximum absolute atomic E-state index is 13.6. The second-order valence-electron chi connectivity index (χ2n) is 9.00. The number of methoxy groups -OCH3 is 1. The third-order valence-corrected chi connectivity index (χ3v) is 6.08. The predicted octanol–water partition coefficient (Wildman–Crippen LogP) is 3.68. The van der Waals surface area contributed by atoms with Crippen LogP contribution in [0.2, 0.25) is 0 Å². The molecule has 0 saturated carbocycles. The van der Waals surface area contributed by atoms with Crippen LogP contribution in [0.3, 0.4) is 0 Å². The van der Waals surface area contributed by atoms with E-state index in [9.17, 15) is 9.18 Å². The highest BCUT2D eigenvalue weighted by molar-refractivity contribution is 5.78. The molecule has 0 bridgehead atoms. The van der Waals surface area contributed by atoms with Gasteiger partial charge in [0.2, 0.25) is 5.91 Å². The van der Waals surface area contributed by atoms with Crippen molar-refractivity contribution in [3.05, 3.63) is 65.5 Å². The van der Waals surface area contributed by atoms with Gasteiger partial charge in [-0.2, -0.15) is 0 Å². The molecule has 0 N–H and O–H groups in total. The first kappa shape index (κ1) is 24.2. The van der Waals surface area contributed by atoms with E-state index in [0.29, 0.717) is 12.5 Å². The number of amides is 1. The summed E-state index contributed by atoms with van der Waals surface area (Å²) in [5.74, 6) is 1.12. The van der Waals surface area contributed by atoms with Crippen molar-refractivity contribution in [2.75, 3.05) is 53.9 Å². The Labute approximate surface area is 191 Å². The van der Waals surface area contributed by atoms with Crippen molar-refractivity contribution in [1.29, 1.82) is 0 Å². The number of likely N-dealkylation sites (N-methyl/N-ethyl adjacent to an activating group) is 1. The van der Waals surface area contributed by atoms with Crippen molar-refractivity contribution in [2.24, 2.45) is 5.92 Å². The largest absolute Gasteiger partial charge is 0.496 e. The Kier molecular flexibility index (Phi) is 9.06. The van der Waals surface area contributed by atoms with Crippen LogP contribution in [-0.4, -0.2) is 74.5 Å². The molecule has 5 nitrogen and oxygen atoms in total. The van der Waals surface area contributed by atoms with Crippen molar-refractivity contribution in [3.63, 3.8) is 0 Å². The van der Waals surface area contributed by atoms with Crippen LogP contribution >= 0.6 is 0 Å². The number of nitrogens with zero attached hydrogens (tertiary/aromatic N) is 3. The zero-order chi connectivity index (χ0) is 22.9. The van der Waals surface area contributed by atoms with Crippen molar-refractivity contribution in [2.45, 2.75) is 25.8 Å². The van der Waals surface area contributed by atoms with Gasteiger partial charge in [-0.05, 0) is 63.2 Å². The Morgan fingerprint density at radius 3 is 2.72 bits per heavy atom. The van der Waals surface area contributed by atoms with Gasteiger partial charge in [-0.15, -0.1) is 0 Å². The maximum Gasteiger partial charge on any atom is 0.227 e. The summed E-state index contributed by atoms with van der Waals surface area (Å²) in [6, 6.07) is 14.5. The third-order valence-electron chi connectivity index (χ3n) is 6.08. The number of carbonyl (C=O) groups excluding carboxylic acids is 1. The molecule has 1 aliphatic heterocycles. The van der Waals surface area contributed by atoms with E-state index in [1.165, 1.54) is 17.7 Å². The van der Waals surface area contributed by atoms with E-state index in [-0.39, 0.29) is 18.1 Å². The molecular formula is C26H36FN3O2. The molecule has 3 rings (SSSR count). The molecule has 0 spiro atoms. The quantitative estimate of drug-likeness (QED) is 0.564. The number of carbonyl (C=O) groups is 1. The molecule has 0 aliphatic carbocycles. The average Bonchev–Trinajstić information content (AvgIpc) is 2.77. The van der Waals surface area contributed by atoms with Crippen LogP contribution in [-0.2, 0) is 17.8 Å². The summed E-state index contributed by atoms with van der Waals surface area (Å²) < 4.78 is 19.1. The van der Waals surface area contributed by atoms with Crippen LogP contribution in [0.1, 0.15) is 24.0 Å². The predicted molar refractivity (Wildman–Crippen MR) is 126 cm³/mol. The van der Waals surface area contributed by atoms with Gasteiger partial charge < -0.3 is 14.5 Å². The average molecular weight is 442 g/mol. The lowest BCUT2D eigenvalue weighted by Crippen LogP contribution is -2.45. The summed E-state index contributed by atoms with van der Waals surface area (Å²) in [5.41, 5.74) is 1.92. The number of halogens is 1. The molecule has 1 aliphatic rings. The molecule has 1 amide bonds. The summed E-state index contributed by atoms with van der Waals surface area (Å²) in [7, 11) is 5.75. The summed E-state index contributed by atoms with van der Waals surface area (Å²) >= 11 is 0. The number of hydrogen-bond acceptors (Lipinski definition) is 4. The van der Waals surface area contributed by atoms with Gasteiger partial charge >= 0.3 is 0 Å². The van der Waals surface area contributed by atoms with Gasteiger partial charge in [-0.1, -0.05) is 30.3 Å². The van der Waals surface area contributed by atoms with Crippen LogP contribution in [0.4, 0.5) is 4.39 Å². The molecule has 1 saturated heterocycles. The number of benzene rings is 2. The molecule has 1 atom stereocenters. The molecule has 6 heteroatoms. The van der Waals surface area contributed by atoms with Crippen molar-refractivity contribution in [1.82, 2.24) is 14.7 Å². The van der Waals surface area contributed by atoms with Gasteiger partial charge in [0.05, 0.1) is 13.5 Å². The summed E-state index contributed by atoms with van der Waals surface area (Å²) in [5, 5.41) is 0. The van der Waals surface area contributed by atoms with E-state index in [4.69, 9.17) is 4.74 Å². The molecule has 2 aromatic rings. The van der Waals surface area contributed by atoms with E-state index in [1.54, 1.807) is 13.2 Å². The summed E-state index contributed by atoms with van der Waals surface area (Å²) in [4.78, 5) is 19.7. The smallest absolute Gasteiger partial charge is 0.227 e. The van der Waals surface area contributed by atoms with Gasteiger partial charge in [0, 0.05) is 38.3 Å². The molecule has 32 heavy (non-hydrogen) atoms. The van der Waals surface area contributed by atoms with Gasteiger partial charge in [0.1, 0.15) is 11.6 Å². The van der Waals surface area contributed by atoms with Crippen molar-refractivity contribution < 1.29 is 13.9 Å². The monoisotopic (exact) mass is 441 g/mol. The fourth-order valence-corrected chi connectivity index (χ4v) is 4.40. The van der Waals surface area contributed by atoms with E-state index in [1.807, 2.05) is 43.3 Å². The van der Waals surface area contributed by atoms with E-state index >= 15 is 0 Å². The van der Waals surface area contributed by atoms with E-state index in [2.05, 4.69) is 15.9 Å². The molecular weight excluding hydrogens is 405 g/mol. The highest BCUT2D eigenvalue weighted by Crippen LogP contribution is 2.24. The normalized spacial score (nSPS) is 16.8. The first-order valence-electron chi connectivity index (χ1n) is 11.5. The number of ether oxygens (including phenoxy) is 1. The lowest BCUT2D eigenvalue weighted by Gasteiger charge is -2.36. The van der Waals surface area contributed by atoms with Crippen LogP contribution < -0.4 is 4.74 Å². The standard InChI is InChI=1S/C26H36FN3O2/c1-28(2)14-15-30(26(31)17-21-8-6-11-24(27)16-21)19-22-9-7-13-29(18-22)20-23-10-4-5-12-25(23)32-3/h4-6,8,10-12,16,22H,7,9,13-15,17-20H2,1-3H3/t22-/m1/s1. The van der Waals surface area contributed by atoms with E-state index < -0.39 is 0 Å². The van der Waals surface area contributed by atoms with E-state index in [0.717, 1.165) is 56.9 Å².